The topological polar surface area (TPSA) is 97.6 Å². The molecule has 0 radical (unpaired) electrons. The fourth-order valence-corrected chi connectivity index (χ4v) is 9.57. The Morgan fingerprint density at radius 1 is 0.816 bits per heavy atom. The summed E-state index contributed by atoms with van der Waals surface area (Å²) >= 11 is 0. The van der Waals surface area contributed by atoms with E-state index in [-0.39, 0.29) is 30.5 Å². The number of carbonyl (C=O) groups excluding carboxylic acids is 1. The normalized spacial score (nSPS) is 51.3. The first kappa shape index (κ1) is 28.5. The molecule has 0 aromatic carbocycles. The van der Waals surface area contributed by atoms with Crippen LogP contribution in [0.5, 0.6) is 0 Å². The Hall–Kier alpha value is -1.02. The third-order valence-corrected chi connectivity index (χ3v) is 11.8. The Kier molecular flexibility index (Phi) is 9.18. The third kappa shape index (κ3) is 5.73. The highest BCUT2D eigenvalue weighted by atomic mass is 16.7. The zero-order chi connectivity index (χ0) is 27.0. The van der Waals surface area contributed by atoms with Crippen molar-refractivity contribution in [1.29, 1.82) is 0 Å². The lowest BCUT2D eigenvalue weighted by atomic mass is 9.59. The SMILES string of the molecule is CC1CC(C)C2CC3CC(C(C)C(O)CC(=NOC=O)C(O)C(C)C4CCCC5CCC3OCC54)C2CO1. The molecule has 3 saturated heterocycles. The minimum Gasteiger partial charge on any atom is -0.392 e. The molecule has 2 N–H and O–H groups in total. The number of hydrogen-bond acceptors (Lipinski definition) is 7. The average molecular weight is 534 g/mol. The summed E-state index contributed by atoms with van der Waals surface area (Å²) in [7, 11) is 0. The van der Waals surface area contributed by atoms with Gasteiger partial charge in [-0.25, -0.2) is 0 Å². The highest BCUT2D eigenvalue weighted by Crippen LogP contribution is 2.52. The summed E-state index contributed by atoms with van der Waals surface area (Å²) in [6, 6.07) is 0. The van der Waals surface area contributed by atoms with Gasteiger partial charge in [-0.1, -0.05) is 38.8 Å². The van der Waals surface area contributed by atoms with Crippen molar-refractivity contribution in [3.8, 4) is 0 Å². The summed E-state index contributed by atoms with van der Waals surface area (Å²) < 4.78 is 13.2. The number of rotatable bonds is 2. The molecule has 5 rings (SSSR count). The molecule has 0 amide bonds. The van der Waals surface area contributed by atoms with Gasteiger partial charge in [-0.3, -0.25) is 4.79 Å². The summed E-state index contributed by atoms with van der Waals surface area (Å²) in [5.74, 6) is 3.67. The molecule has 14 atom stereocenters. The van der Waals surface area contributed by atoms with Gasteiger partial charge in [0.15, 0.2) is 0 Å². The lowest BCUT2D eigenvalue weighted by Gasteiger charge is -2.48. The van der Waals surface area contributed by atoms with E-state index in [0.717, 1.165) is 38.9 Å². The van der Waals surface area contributed by atoms with Crippen LogP contribution in [0.25, 0.3) is 0 Å². The maximum absolute atomic E-state index is 11.6. The van der Waals surface area contributed by atoms with Gasteiger partial charge < -0.3 is 24.5 Å². The highest BCUT2D eigenvalue weighted by Gasteiger charge is 2.49. The fourth-order valence-electron chi connectivity index (χ4n) is 9.57. The number of fused-ring (bicyclic) bond motifs is 7. The van der Waals surface area contributed by atoms with E-state index < -0.39 is 12.2 Å². The second-order valence-electron chi connectivity index (χ2n) is 13.8. The predicted octanol–water partition coefficient (Wildman–Crippen LogP) is 4.83. The smallest absolute Gasteiger partial charge is 0.323 e. The largest absolute Gasteiger partial charge is 0.392 e. The second-order valence-corrected chi connectivity index (χ2v) is 13.8. The van der Waals surface area contributed by atoms with Crippen molar-refractivity contribution in [1.82, 2.24) is 0 Å². The number of aliphatic hydroxyl groups excluding tert-OH is 2. The van der Waals surface area contributed by atoms with Crippen LogP contribution in [0, 0.1) is 59.2 Å². The van der Waals surface area contributed by atoms with Gasteiger partial charge in [0.25, 0.3) is 0 Å². The molecule has 0 aromatic rings. The van der Waals surface area contributed by atoms with E-state index in [1.165, 1.54) is 25.7 Å². The molecule has 0 spiro atoms. The molecular formula is C31H51NO6. The molecule has 4 bridgehead atoms. The van der Waals surface area contributed by atoms with E-state index in [1.807, 2.05) is 0 Å². The first-order chi connectivity index (χ1) is 18.3. The van der Waals surface area contributed by atoms with Crippen LogP contribution >= 0.6 is 0 Å². The van der Waals surface area contributed by atoms with Gasteiger partial charge >= 0.3 is 6.47 Å². The molecule has 5 aliphatic rings. The molecule has 14 unspecified atom stereocenters. The quantitative estimate of drug-likeness (QED) is 0.300. The van der Waals surface area contributed by atoms with Crippen molar-refractivity contribution in [2.45, 2.75) is 110 Å². The number of hydrogen-bond donors (Lipinski definition) is 2. The Morgan fingerprint density at radius 3 is 2.37 bits per heavy atom. The predicted molar refractivity (Wildman–Crippen MR) is 145 cm³/mol. The standard InChI is InChI=1S/C31H51NO6/c1-17-10-18(2)36-15-27-24(17)11-22-12-25(27)19(3)29(34)13-28(32-38-16-33)31(35)20(4)23-7-5-6-21-8-9-30(22)37-14-26(21)23/h16-27,29-31,34-35H,5-15H2,1-4H3. The summed E-state index contributed by atoms with van der Waals surface area (Å²) in [5, 5.41) is 27.2. The number of ether oxygens (including phenoxy) is 2. The second kappa shape index (κ2) is 12.2. The van der Waals surface area contributed by atoms with Gasteiger partial charge in [-0.2, -0.15) is 0 Å². The van der Waals surface area contributed by atoms with E-state index in [4.69, 9.17) is 14.3 Å². The number of aliphatic hydroxyl groups is 2. The van der Waals surface area contributed by atoms with Crippen molar-refractivity contribution in [2.75, 3.05) is 13.2 Å². The van der Waals surface area contributed by atoms with E-state index >= 15 is 0 Å². The van der Waals surface area contributed by atoms with Crippen molar-refractivity contribution in [3.05, 3.63) is 0 Å². The summed E-state index contributed by atoms with van der Waals surface area (Å²) in [5.41, 5.74) is 0.388. The summed E-state index contributed by atoms with van der Waals surface area (Å²) in [6.45, 7) is 10.7. The molecular weight excluding hydrogens is 482 g/mol. The molecule has 3 aliphatic heterocycles. The molecule has 216 valence electrons. The number of oxime groups is 1. The third-order valence-electron chi connectivity index (χ3n) is 11.8. The lowest BCUT2D eigenvalue weighted by Crippen LogP contribution is -2.47. The Labute approximate surface area is 229 Å². The van der Waals surface area contributed by atoms with Crippen molar-refractivity contribution < 1.29 is 29.3 Å². The van der Waals surface area contributed by atoms with E-state index in [0.29, 0.717) is 59.5 Å². The van der Waals surface area contributed by atoms with Gasteiger partial charge in [0.05, 0.1) is 43.3 Å². The van der Waals surface area contributed by atoms with Gasteiger partial charge in [0.2, 0.25) is 0 Å². The molecule has 3 heterocycles. The first-order valence-corrected chi connectivity index (χ1v) is 15.5. The molecule has 2 saturated carbocycles. The monoisotopic (exact) mass is 533 g/mol. The zero-order valence-corrected chi connectivity index (χ0v) is 23.9. The minimum atomic E-state index is -0.864. The minimum absolute atomic E-state index is 0.000797. The van der Waals surface area contributed by atoms with Crippen LogP contribution in [0.15, 0.2) is 5.16 Å². The maximum Gasteiger partial charge on any atom is 0.323 e. The highest BCUT2D eigenvalue weighted by molar-refractivity contribution is 5.89. The van der Waals surface area contributed by atoms with Gasteiger partial charge in [0, 0.05) is 6.42 Å². The maximum atomic E-state index is 11.6. The first-order valence-electron chi connectivity index (χ1n) is 15.5. The van der Waals surface area contributed by atoms with Crippen LogP contribution in [-0.4, -0.2) is 60.0 Å². The van der Waals surface area contributed by atoms with Crippen molar-refractivity contribution in [2.24, 2.45) is 64.3 Å². The Morgan fingerprint density at radius 2 is 1.58 bits per heavy atom. The van der Waals surface area contributed by atoms with Crippen LogP contribution in [-0.2, 0) is 19.1 Å². The van der Waals surface area contributed by atoms with Gasteiger partial charge in [-0.15, -0.1) is 0 Å². The van der Waals surface area contributed by atoms with Gasteiger partial charge in [-0.05, 0) is 105 Å². The lowest BCUT2D eigenvalue weighted by molar-refractivity contribution is -0.128. The number of carbonyl (C=O) groups is 1. The van der Waals surface area contributed by atoms with Crippen molar-refractivity contribution >= 4 is 12.2 Å². The molecule has 38 heavy (non-hydrogen) atoms. The Balaban J connectivity index is 1.52. The zero-order valence-electron chi connectivity index (χ0n) is 23.9. The Bertz CT molecular complexity index is 835. The average Bonchev–Trinajstić information content (AvgIpc) is 3.22. The van der Waals surface area contributed by atoms with E-state index in [2.05, 4.69) is 32.9 Å². The summed E-state index contributed by atoms with van der Waals surface area (Å²) in [4.78, 5) is 15.9. The van der Waals surface area contributed by atoms with Crippen LogP contribution in [0.4, 0.5) is 0 Å². The van der Waals surface area contributed by atoms with E-state index in [1.54, 1.807) is 0 Å². The molecule has 2 aliphatic carbocycles. The molecule has 0 aromatic heterocycles. The van der Waals surface area contributed by atoms with E-state index in [9.17, 15) is 15.0 Å². The van der Waals surface area contributed by atoms with Crippen LogP contribution in [0.3, 0.4) is 0 Å². The molecule has 5 fully saturated rings. The fraction of sp³-hybridized carbons (Fsp3) is 0.935. The van der Waals surface area contributed by atoms with Crippen LogP contribution < -0.4 is 0 Å². The van der Waals surface area contributed by atoms with Gasteiger partial charge in [0.1, 0.15) is 0 Å². The molecule has 7 nitrogen and oxygen atoms in total. The van der Waals surface area contributed by atoms with Crippen LogP contribution in [0.2, 0.25) is 0 Å². The van der Waals surface area contributed by atoms with Crippen molar-refractivity contribution in [3.63, 3.8) is 0 Å². The number of nitrogens with zero attached hydrogens (tertiary/aromatic N) is 1. The summed E-state index contributed by atoms with van der Waals surface area (Å²) in [6.07, 6.45) is 8.34. The van der Waals surface area contributed by atoms with Crippen LogP contribution in [0.1, 0.15) is 85.5 Å². The molecule has 7 heteroatoms.